The number of fused-ring (bicyclic) bond motifs is 1. The molecule has 3 rings (SSSR count). The number of hydrogen-bond acceptors (Lipinski definition) is 4. The van der Waals surface area contributed by atoms with Crippen molar-refractivity contribution < 1.29 is 9.53 Å². The van der Waals surface area contributed by atoms with E-state index in [1.54, 1.807) is 41.8 Å². The number of alkyl halides is 1. The summed E-state index contributed by atoms with van der Waals surface area (Å²) < 4.78 is 6.85. The summed E-state index contributed by atoms with van der Waals surface area (Å²) >= 11 is 6.05. The van der Waals surface area contributed by atoms with E-state index in [-0.39, 0.29) is 17.3 Å². The minimum atomic E-state index is -0.730. The maximum Gasteiger partial charge on any atom is 0.266 e. The Hall–Kier alpha value is -2.86. The van der Waals surface area contributed by atoms with Crippen molar-refractivity contribution >= 4 is 28.4 Å². The fourth-order valence-corrected chi connectivity index (χ4v) is 3.77. The van der Waals surface area contributed by atoms with E-state index >= 15 is 0 Å². The molecule has 0 spiro atoms. The Bertz CT molecular complexity index is 1140. The van der Waals surface area contributed by atoms with E-state index in [9.17, 15) is 9.59 Å². The summed E-state index contributed by atoms with van der Waals surface area (Å²) in [6.07, 6.45) is 0.585. The second kappa shape index (κ2) is 9.10. The SMILES string of the molecule is CCC(c1nc2ccccc2c(=O)n1-c1ccc(OC)cc1)N(C)C(=O)C(C)(C)CCl. The molecule has 0 N–H and O–H groups in total. The summed E-state index contributed by atoms with van der Waals surface area (Å²) in [5, 5.41) is 0.520. The number of ether oxygens (including phenoxy) is 1. The van der Waals surface area contributed by atoms with Gasteiger partial charge in [0.05, 0.1) is 35.2 Å². The number of halogens is 1. The van der Waals surface area contributed by atoms with E-state index in [2.05, 4.69) is 0 Å². The Labute approximate surface area is 187 Å². The van der Waals surface area contributed by atoms with E-state index in [0.29, 0.717) is 34.6 Å². The Balaban J connectivity index is 2.26. The van der Waals surface area contributed by atoms with Crippen LogP contribution < -0.4 is 10.3 Å². The standard InChI is InChI=1S/C24H28ClN3O3/c1-6-20(27(4)23(30)24(2,3)15-25)21-26-19-10-8-7-9-18(19)22(29)28(21)16-11-13-17(31-5)14-12-16/h7-14,20H,6,15H2,1-5H3. The highest BCUT2D eigenvalue weighted by Crippen LogP contribution is 2.30. The van der Waals surface area contributed by atoms with Crippen LogP contribution in [0.2, 0.25) is 0 Å². The van der Waals surface area contributed by atoms with Gasteiger partial charge < -0.3 is 9.64 Å². The summed E-state index contributed by atoms with van der Waals surface area (Å²) in [5.74, 6) is 1.30. The van der Waals surface area contributed by atoms with Crippen LogP contribution in [0, 0.1) is 5.41 Å². The van der Waals surface area contributed by atoms with Gasteiger partial charge in [0.2, 0.25) is 5.91 Å². The highest BCUT2D eigenvalue weighted by molar-refractivity contribution is 6.19. The third-order valence-corrected chi connectivity index (χ3v) is 6.19. The molecule has 0 fully saturated rings. The van der Waals surface area contributed by atoms with Crippen LogP contribution in [-0.2, 0) is 4.79 Å². The molecule has 1 heterocycles. The van der Waals surface area contributed by atoms with Crippen LogP contribution in [0.3, 0.4) is 0 Å². The zero-order chi connectivity index (χ0) is 22.8. The minimum absolute atomic E-state index is 0.0990. The van der Waals surface area contributed by atoms with Gasteiger partial charge in [0.15, 0.2) is 0 Å². The lowest BCUT2D eigenvalue weighted by atomic mass is 9.93. The normalized spacial score (nSPS) is 12.6. The maximum absolute atomic E-state index is 13.5. The van der Waals surface area contributed by atoms with Crippen molar-refractivity contribution in [2.24, 2.45) is 5.41 Å². The summed E-state index contributed by atoms with van der Waals surface area (Å²) in [6.45, 7) is 5.60. The van der Waals surface area contributed by atoms with E-state index in [0.717, 1.165) is 0 Å². The molecular weight excluding hydrogens is 414 g/mol. The Kier molecular flexibility index (Phi) is 6.70. The first-order valence-electron chi connectivity index (χ1n) is 10.2. The fourth-order valence-electron chi connectivity index (χ4n) is 3.66. The molecule has 0 aliphatic carbocycles. The van der Waals surface area contributed by atoms with Crippen LogP contribution in [0.5, 0.6) is 5.75 Å². The number of hydrogen-bond donors (Lipinski definition) is 0. The molecule has 3 aromatic rings. The zero-order valence-electron chi connectivity index (χ0n) is 18.6. The van der Waals surface area contributed by atoms with E-state index in [1.807, 2.05) is 51.1 Å². The average Bonchev–Trinajstić information content (AvgIpc) is 2.79. The van der Waals surface area contributed by atoms with Crippen molar-refractivity contribution in [2.75, 3.05) is 20.0 Å². The summed E-state index contributed by atoms with van der Waals surface area (Å²) in [6, 6.07) is 14.1. The molecule has 1 amide bonds. The minimum Gasteiger partial charge on any atom is -0.497 e. The van der Waals surface area contributed by atoms with Crippen molar-refractivity contribution in [1.29, 1.82) is 0 Å². The Morgan fingerprint density at radius 1 is 1.19 bits per heavy atom. The smallest absolute Gasteiger partial charge is 0.266 e. The highest BCUT2D eigenvalue weighted by Gasteiger charge is 2.34. The van der Waals surface area contributed by atoms with Crippen LogP contribution in [0.25, 0.3) is 16.6 Å². The third kappa shape index (κ3) is 4.30. The summed E-state index contributed by atoms with van der Waals surface area (Å²) in [7, 11) is 3.33. The molecule has 0 aliphatic rings. The van der Waals surface area contributed by atoms with Gasteiger partial charge in [0, 0.05) is 12.9 Å². The second-order valence-electron chi connectivity index (χ2n) is 8.18. The first-order chi connectivity index (χ1) is 14.7. The van der Waals surface area contributed by atoms with Crippen LogP contribution in [0.15, 0.2) is 53.3 Å². The van der Waals surface area contributed by atoms with Gasteiger partial charge in [-0.15, -0.1) is 11.6 Å². The number of methoxy groups -OCH3 is 1. The van der Waals surface area contributed by atoms with Gasteiger partial charge in [0.1, 0.15) is 11.6 Å². The van der Waals surface area contributed by atoms with Crippen LogP contribution in [-0.4, -0.2) is 40.4 Å². The van der Waals surface area contributed by atoms with Crippen LogP contribution in [0.1, 0.15) is 39.1 Å². The first kappa shape index (κ1) is 22.8. The Morgan fingerprint density at radius 2 is 1.84 bits per heavy atom. The number of carbonyl (C=O) groups excluding carboxylic acids is 1. The molecule has 2 aromatic carbocycles. The number of benzene rings is 2. The number of carbonyl (C=O) groups is 1. The Morgan fingerprint density at radius 3 is 2.42 bits per heavy atom. The molecule has 164 valence electrons. The molecule has 0 saturated carbocycles. The lowest BCUT2D eigenvalue weighted by Crippen LogP contribution is -2.43. The van der Waals surface area contributed by atoms with Crippen molar-refractivity contribution in [3.8, 4) is 11.4 Å². The molecule has 1 aromatic heterocycles. The molecule has 31 heavy (non-hydrogen) atoms. The quantitative estimate of drug-likeness (QED) is 0.504. The number of nitrogens with zero attached hydrogens (tertiary/aromatic N) is 3. The largest absolute Gasteiger partial charge is 0.497 e. The monoisotopic (exact) mass is 441 g/mol. The molecule has 0 bridgehead atoms. The van der Waals surface area contributed by atoms with Gasteiger partial charge in [-0.2, -0.15) is 0 Å². The number of amides is 1. The van der Waals surface area contributed by atoms with Crippen LogP contribution >= 0.6 is 11.6 Å². The summed E-state index contributed by atoms with van der Waals surface area (Å²) in [4.78, 5) is 33.2. The molecular formula is C24H28ClN3O3. The predicted octanol–water partition coefficient (Wildman–Crippen LogP) is 4.57. The number of para-hydroxylation sites is 1. The highest BCUT2D eigenvalue weighted by atomic mass is 35.5. The molecule has 0 aliphatic heterocycles. The topological polar surface area (TPSA) is 64.4 Å². The van der Waals surface area contributed by atoms with Gasteiger partial charge in [-0.25, -0.2) is 4.98 Å². The molecule has 7 heteroatoms. The first-order valence-corrected chi connectivity index (χ1v) is 10.8. The number of rotatable bonds is 7. The van der Waals surface area contributed by atoms with Gasteiger partial charge in [-0.3, -0.25) is 14.2 Å². The molecule has 0 radical (unpaired) electrons. The van der Waals surface area contributed by atoms with Crippen molar-refractivity contribution in [2.45, 2.75) is 33.2 Å². The molecule has 6 nitrogen and oxygen atoms in total. The molecule has 1 atom stereocenters. The fraction of sp³-hybridized carbons (Fsp3) is 0.375. The van der Waals surface area contributed by atoms with Crippen LogP contribution in [0.4, 0.5) is 0 Å². The predicted molar refractivity (Wildman–Crippen MR) is 124 cm³/mol. The van der Waals surface area contributed by atoms with E-state index < -0.39 is 11.5 Å². The lowest BCUT2D eigenvalue weighted by Gasteiger charge is -2.34. The third-order valence-electron chi connectivity index (χ3n) is 5.52. The number of aromatic nitrogens is 2. The summed E-state index contributed by atoms with van der Waals surface area (Å²) in [5.41, 5.74) is 0.353. The van der Waals surface area contributed by atoms with Gasteiger partial charge in [-0.05, 0) is 56.7 Å². The van der Waals surface area contributed by atoms with Gasteiger partial charge >= 0.3 is 0 Å². The molecule has 1 unspecified atom stereocenters. The second-order valence-corrected chi connectivity index (χ2v) is 8.45. The lowest BCUT2D eigenvalue weighted by molar-refractivity contribution is -0.140. The average molecular weight is 442 g/mol. The maximum atomic E-state index is 13.5. The van der Waals surface area contributed by atoms with E-state index in [4.69, 9.17) is 21.3 Å². The van der Waals surface area contributed by atoms with Crippen molar-refractivity contribution in [3.05, 3.63) is 64.7 Å². The van der Waals surface area contributed by atoms with Gasteiger partial charge in [0.25, 0.3) is 5.56 Å². The molecule has 0 saturated heterocycles. The van der Waals surface area contributed by atoms with Gasteiger partial charge in [-0.1, -0.05) is 19.1 Å². The van der Waals surface area contributed by atoms with Crippen molar-refractivity contribution in [3.63, 3.8) is 0 Å². The van der Waals surface area contributed by atoms with E-state index in [1.165, 1.54) is 0 Å². The zero-order valence-corrected chi connectivity index (χ0v) is 19.3. The van der Waals surface area contributed by atoms with Crippen molar-refractivity contribution in [1.82, 2.24) is 14.5 Å².